The minimum absolute atomic E-state index is 0.189. The number of benzene rings is 2. The molecule has 3 nitrogen and oxygen atoms in total. The maximum Gasteiger partial charge on any atom is 0.150 e. The van der Waals surface area contributed by atoms with E-state index in [0.717, 1.165) is 36.3 Å². The normalized spacial score (nSPS) is 17.7. The van der Waals surface area contributed by atoms with E-state index in [9.17, 15) is 4.79 Å². The van der Waals surface area contributed by atoms with Crippen molar-refractivity contribution < 1.29 is 4.79 Å². The van der Waals surface area contributed by atoms with E-state index in [1.54, 1.807) is 0 Å². The zero-order chi connectivity index (χ0) is 29.5. The van der Waals surface area contributed by atoms with Crippen LogP contribution in [0.5, 0.6) is 0 Å². The van der Waals surface area contributed by atoms with Crippen LogP contribution in [0.1, 0.15) is 133 Å². The van der Waals surface area contributed by atoms with Gasteiger partial charge in [0.2, 0.25) is 0 Å². The lowest BCUT2D eigenvalue weighted by Crippen LogP contribution is -2.47. The van der Waals surface area contributed by atoms with Crippen LogP contribution in [0, 0.1) is 5.92 Å². The lowest BCUT2D eigenvalue weighted by molar-refractivity contribution is 0.112. The van der Waals surface area contributed by atoms with E-state index in [0.29, 0.717) is 0 Å². The van der Waals surface area contributed by atoms with Gasteiger partial charge >= 0.3 is 0 Å². The fourth-order valence-corrected chi connectivity index (χ4v) is 4.92. The molecule has 0 radical (unpaired) electrons. The first-order valence-electron chi connectivity index (χ1n) is 15.6. The molecule has 1 saturated carbocycles. The highest BCUT2D eigenvalue weighted by Gasteiger charge is 2.33. The molecular formula is C36H60N2O. The van der Waals surface area contributed by atoms with Crippen molar-refractivity contribution in [2.75, 3.05) is 12.4 Å². The Morgan fingerprint density at radius 3 is 2.18 bits per heavy atom. The lowest BCUT2D eigenvalue weighted by atomic mass is 9.72. The molecule has 0 heterocycles. The molecule has 3 heteroatoms. The quantitative estimate of drug-likeness (QED) is 0.222. The molecule has 0 bridgehead atoms. The van der Waals surface area contributed by atoms with Crippen LogP contribution < -0.4 is 11.1 Å². The average Bonchev–Trinajstić information content (AvgIpc) is 2.99. The second kappa shape index (κ2) is 22.4. The van der Waals surface area contributed by atoms with Crippen molar-refractivity contribution >= 4 is 18.0 Å². The summed E-state index contributed by atoms with van der Waals surface area (Å²) in [7, 11) is 1.93. The molecular weight excluding hydrogens is 476 g/mol. The van der Waals surface area contributed by atoms with Crippen LogP contribution in [0.2, 0.25) is 0 Å². The van der Waals surface area contributed by atoms with Gasteiger partial charge in [0.05, 0.1) is 0 Å². The number of carbonyl (C=O) groups excluding carboxylic acids is 1. The fraction of sp³-hybridized carbons (Fsp3) is 0.583. The molecule has 1 aliphatic carbocycles. The highest BCUT2D eigenvalue weighted by molar-refractivity contribution is 5.74. The van der Waals surface area contributed by atoms with Gasteiger partial charge in [-0.3, -0.25) is 4.79 Å². The first kappa shape index (κ1) is 36.6. The van der Waals surface area contributed by atoms with Crippen LogP contribution in [0.25, 0.3) is 6.08 Å². The Morgan fingerprint density at radius 1 is 1.00 bits per heavy atom. The molecule has 1 fully saturated rings. The minimum Gasteiger partial charge on any atom is -0.388 e. The molecule has 2 aromatic rings. The predicted octanol–water partition coefficient (Wildman–Crippen LogP) is 10.3. The van der Waals surface area contributed by atoms with Crippen molar-refractivity contribution in [2.24, 2.45) is 11.7 Å². The SMILES string of the molecule is C=Cc1ccc(NC)cc1CC.CC.CCCCC1(N)CCCCC1C.CCCCCc1ccc(C=O)cc1. The van der Waals surface area contributed by atoms with Crippen molar-refractivity contribution in [3.8, 4) is 0 Å². The standard InChI is InChI=1S/C12H16O.C11H15N.C11H23N.C2H6/c1-2-3-4-5-11-6-8-12(10-13)9-7-11;1-4-9-6-7-11(12-3)8-10(9)5-2;1-3-4-8-11(12)9-6-5-7-10(11)2;1-2/h6-10H,2-5H2,1H3;4,6-8,12H,1,5H2,2-3H3;10H,3-9,12H2,1-2H3;1-2H3. The van der Waals surface area contributed by atoms with E-state index in [1.165, 1.54) is 80.9 Å². The number of aryl methyl sites for hydroxylation is 2. The molecule has 0 aliphatic heterocycles. The van der Waals surface area contributed by atoms with Crippen LogP contribution in [-0.4, -0.2) is 18.9 Å². The molecule has 0 saturated heterocycles. The fourth-order valence-electron chi connectivity index (χ4n) is 4.92. The first-order valence-corrected chi connectivity index (χ1v) is 15.6. The largest absolute Gasteiger partial charge is 0.388 e. The summed E-state index contributed by atoms with van der Waals surface area (Å²) in [5.41, 5.74) is 12.4. The summed E-state index contributed by atoms with van der Waals surface area (Å²) in [4.78, 5) is 10.4. The van der Waals surface area contributed by atoms with Crippen molar-refractivity contribution in [2.45, 2.75) is 124 Å². The van der Waals surface area contributed by atoms with Crippen molar-refractivity contribution in [3.05, 3.63) is 71.3 Å². The van der Waals surface area contributed by atoms with Crippen LogP contribution in [0.3, 0.4) is 0 Å². The molecule has 220 valence electrons. The summed E-state index contributed by atoms with van der Waals surface area (Å²) in [5, 5.41) is 3.12. The van der Waals surface area contributed by atoms with Crippen molar-refractivity contribution in [3.63, 3.8) is 0 Å². The summed E-state index contributed by atoms with van der Waals surface area (Å²) in [6, 6.07) is 14.2. The molecule has 2 atom stereocenters. The van der Waals surface area contributed by atoms with Crippen LogP contribution in [0.15, 0.2) is 49.0 Å². The Balaban J connectivity index is 0.000000538. The molecule has 2 unspecified atom stereocenters. The lowest BCUT2D eigenvalue weighted by Gasteiger charge is -2.39. The van der Waals surface area contributed by atoms with Gasteiger partial charge in [0.25, 0.3) is 0 Å². The topological polar surface area (TPSA) is 55.1 Å². The van der Waals surface area contributed by atoms with Crippen LogP contribution in [0.4, 0.5) is 5.69 Å². The highest BCUT2D eigenvalue weighted by atomic mass is 16.1. The Morgan fingerprint density at radius 2 is 1.67 bits per heavy atom. The Kier molecular flexibility index (Phi) is 21.1. The Bertz CT molecular complexity index is 889. The number of carbonyl (C=O) groups is 1. The predicted molar refractivity (Wildman–Crippen MR) is 176 cm³/mol. The minimum atomic E-state index is 0.189. The Hall–Kier alpha value is -2.39. The van der Waals surface area contributed by atoms with Crippen LogP contribution >= 0.6 is 0 Å². The van der Waals surface area contributed by atoms with Gasteiger partial charge in [-0.1, -0.05) is 123 Å². The summed E-state index contributed by atoms with van der Waals surface area (Å²) in [5.74, 6) is 0.748. The molecule has 0 spiro atoms. The van der Waals surface area contributed by atoms with Gasteiger partial charge in [0.15, 0.2) is 0 Å². The maximum atomic E-state index is 10.4. The molecule has 1 aliphatic rings. The number of aldehydes is 1. The number of hydrogen-bond donors (Lipinski definition) is 2. The molecule has 3 rings (SSSR count). The molecule has 2 aromatic carbocycles. The zero-order valence-corrected chi connectivity index (χ0v) is 26.5. The number of anilines is 1. The summed E-state index contributed by atoms with van der Waals surface area (Å²) in [6.07, 6.45) is 17.9. The van der Waals surface area contributed by atoms with Crippen molar-refractivity contribution in [1.29, 1.82) is 0 Å². The second-order valence-electron chi connectivity index (χ2n) is 10.5. The van der Waals surface area contributed by atoms with Gasteiger partial charge in [-0.05, 0) is 73.3 Å². The third-order valence-corrected chi connectivity index (χ3v) is 7.72. The number of rotatable bonds is 11. The average molecular weight is 537 g/mol. The third kappa shape index (κ3) is 14.5. The second-order valence-corrected chi connectivity index (χ2v) is 10.5. The van der Waals surface area contributed by atoms with E-state index < -0.39 is 0 Å². The van der Waals surface area contributed by atoms with E-state index in [1.807, 2.05) is 51.2 Å². The Labute approximate surface area is 242 Å². The summed E-state index contributed by atoms with van der Waals surface area (Å²) in [6.45, 7) is 16.7. The van der Waals surface area contributed by atoms with Crippen molar-refractivity contribution in [1.82, 2.24) is 0 Å². The molecule has 39 heavy (non-hydrogen) atoms. The van der Waals surface area contributed by atoms with Gasteiger partial charge in [-0.2, -0.15) is 0 Å². The van der Waals surface area contributed by atoms with Gasteiger partial charge in [-0.15, -0.1) is 0 Å². The first-order chi connectivity index (χ1) is 18.9. The molecule has 3 N–H and O–H groups in total. The van der Waals surface area contributed by atoms with Crippen LogP contribution in [-0.2, 0) is 12.8 Å². The van der Waals surface area contributed by atoms with Gasteiger partial charge in [0, 0.05) is 23.8 Å². The van der Waals surface area contributed by atoms with E-state index in [4.69, 9.17) is 5.73 Å². The van der Waals surface area contributed by atoms with E-state index in [2.05, 4.69) is 57.8 Å². The summed E-state index contributed by atoms with van der Waals surface area (Å²) >= 11 is 0. The monoisotopic (exact) mass is 536 g/mol. The number of nitrogens with one attached hydrogen (secondary N) is 1. The van der Waals surface area contributed by atoms with Gasteiger partial charge in [-0.25, -0.2) is 0 Å². The van der Waals surface area contributed by atoms with Gasteiger partial charge < -0.3 is 11.1 Å². The zero-order valence-electron chi connectivity index (χ0n) is 26.5. The number of hydrogen-bond acceptors (Lipinski definition) is 3. The summed E-state index contributed by atoms with van der Waals surface area (Å²) < 4.78 is 0. The third-order valence-electron chi connectivity index (χ3n) is 7.72. The number of unbranched alkanes of at least 4 members (excludes halogenated alkanes) is 3. The highest BCUT2D eigenvalue weighted by Crippen LogP contribution is 2.35. The molecule has 0 amide bonds. The van der Waals surface area contributed by atoms with E-state index >= 15 is 0 Å². The number of nitrogens with two attached hydrogens (primary N) is 1. The maximum absolute atomic E-state index is 10.4. The van der Waals surface area contributed by atoms with E-state index in [-0.39, 0.29) is 5.54 Å². The smallest absolute Gasteiger partial charge is 0.150 e. The van der Waals surface area contributed by atoms with Gasteiger partial charge in [0.1, 0.15) is 6.29 Å². The molecule has 0 aromatic heterocycles.